The number of carbonyl (C=O) groups excluding carboxylic acids is 1. The third-order valence-electron chi connectivity index (χ3n) is 5.93. The van der Waals surface area contributed by atoms with Gasteiger partial charge in [-0.2, -0.15) is 0 Å². The summed E-state index contributed by atoms with van der Waals surface area (Å²) >= 11 is 6.35. The van der Waals surface area contributed by atoms with Crippen molar-refractivity contribution in [1.29, 1.82) is 0 Å². The summed E-state index contributed by atoms with van der Waals surface area (Å²) in [6, 6.07) is 14.2. The second kappa shape index (κ2) is 22.3. The minimum Gasteiger partial charge on any atom is -0.461 e. The van der Waals surface area contributed by atoms with Crippen LogP contribution in [0.1, 0.15) is 59.0 Å². The highest BCUT2D eigenvalue weighted by Crippen LogP contribution is 2.41. The van der Waals surface area contributed by atoms with Gasteiger partial charge in [0.1, 0.15) is 5.25 Å². The van der Waals surface area contributed by atoms with Crippen LogP contribution in [-0.2, 0) is 19.3 Å². The maximum atomic E-state index is 14.2. The normalized spacial score (nSPS) is 12.8. The van der Waals surface area contributed by atoms with Gasteiger partial charge >= 0.3 is 5.97 Å². The van der Waals surface area contributed by atoms with Crippen molar-refractivity contribution < 1.29 is 22.5 Å². The molecule has 0 aliphatic heterocycles. The van der Waals surface area contributed by atoms with Gasteiger partial charge in [0, 0.05) is 28.1 Å². The summed E-state index contributed by atoms with van der Waals surface area (Å²) in [6.45, 7) is 24.1. The second-order valence-corrected chi connectivity index (χ2v) is 12.9. The lowest BCUT2D eigenvalue weighted by Crippen LogP contribution is -2.34. The van der Waals surface area contributed by atoms with Crippen molar-refractivity contribution in [2.75, 3.05) is 13.7 Å². The number of carbonyl (C=O) groups is 1. The van der Waals surface area contributed by atoms with Crippen molar-refractivity contribution in [3.05, 3.63) is 122 Å². The highest BCUT2D eigenvalue weighted by atomic mass is 35.5. The molecule has 1 heterocycles. The van der Waals surface area contributed by atoms with E-state index in [4.69, 9.17) is 20.9 Å². The maximum absolute atomic E-state index is 14.2. The molecule has 0 saturated heterocycles. The van der Waals surface area contributed by atoms with E-state index in [9.17, 15) is 13.2 Å². The zero-order valence-electron chi connectivity index (χ0n) is 27.9. The third-order valence-corrected chi connectivity index (χ3v) is 10.4. The molecule has 9 heteroatoms. The molecule has 0 N–H and O–H groups in total. The van der Waals surface area contributed by atoms with Crippen molar-refractivity contribution in [3.8, 4) is 0 Å². The molecule has 45 heavy (non-hydrogen) atoms. The van der Waals surface area contributed by atoms with Crippen LogP contribution in [0.25, 0.3) is 10.9 Å². The van der Waals surface area contributed by atoms with E-state index in [1.165, 1.54) is 13.2 Å². The molecule has 0 aliphatic rings. The highest BCUT2D eigenvalue weighted by molar-refractivity contribution is 7.91. The number of benzene rings is 2. The van der Waals surface area contributed by atoms with Crippen molar-refractivity contribution in [3.63, 3.8) is 0 Å². The van der Waals surface area contributed by atoms with Gasteiger partial charge in [0.15, 0.2) is 5.69 Å². The van der Waals surface area contributed by atoms with Crippen LogP contribution < -0.4 is 10.6 Å². The number of aromatic nitrogens is 1. The molecule has 3 rings (SSSR count). The fourth-order valence-electron chi connectivity index (χ4n) is 4.26. The molecule has 0 fully saturated rings. The predicted octanol–water partition coefficient (Wildman–Crippen LogP) is 9.38. The molecule has 0 spiro atoms. The molecule has 3 unspecified atom stereocenters. The molecule has 246 valence electrons. The van der Waals surface area contributed by atoms with Gasteiger partial charge < -0.3 is 9.26 Å². The molecular weight excluding hydrogens is 625 g/mol. The number of esters is 1. The molecule has 3 atom stereocenters. The largest absolute Gasteiger partial charge is 0.461 e. The number of halogens is 1. The van der Waals surface area contributed by atoms with Gasteiger partial charge in [-0.1, -0.05) is 132 Å². The molecule has 3 aromatic rings. The second-order valence-electron chi connectivity index (χ2n) is 8.64. The molecular formula is C36H49ClNO5PS. The highest BCUT2D eigenvalue weighted by Gasteiger charge is 2.38. The number of rotatable bonds is 12. The topological polar surface area (TPSA) is 74.6 Å². The number of allylic oxidation sites excluding steroid dienone is 6. The Kier molecular flexibility index (Phi) is 20.7. The zero-order valence-corrected chi connectivity index (χ0v) is 30.3. The zero-order chi connectivity index (χ0) is 34.6. The van der Waals surface area contributed by atoms with Crippen LogP contribution in [-0.4, -0.2) is 37.3 Å². The van der Waals surface area contributed by atoms with Crippen LogP contribution in [0.2, 0.25) is 5.02 Å². The van der Waals surface area contributed by atoms with Gasteiger partial charge in [-0.15, -0.1) is 6.58 Å². The Balaban J connectivity index is 0.00000170. The standard InChI is InChI=1S/C26H29ClNO5PS.C6H8.2C2H6/c1-6-12-18(4)23(7-2)35(30,31)28-22-16-15-19(27)17-21(22)25(24(28)26(29)33-8-3)34(32-5)20-13-10-9-11-14-20;1-3-5-6-4-2;2*1-2/h6-7,9-18,23H,2,8H2,1,3-5H3;3-6H,1-2H2;2*1-2H3/b12-6-;6-5-;;. The first kappa shape index (κ1) is 41.8. The van der Waals surface area contributed by atoms with Crippen molar-refractivity contribution >= 4 is 57.3 Å². The molecule has 0 radical (unpaired) electrons. The van der Waals surface area contributed by atoms with Crippen LogP contribution in [0.4, 0.5) is 0 Å². The SMILES string of the molecule is C=C/C=C\C=C.C=CC(C(C)/C=C\C)S(=O)(=O)n1c(C(=O)OCC)c(P(OC)c2ccccc2)c2cc(Cl)ccc21.CC.CC. The maximum Gasteiger partial charge on any atom is 0.356 e. The molecule has 0 bridgehead atoms. The summed E-state index contributed by atoms with van der Waals surface area (Å²) in [7, 11) is -4.19. The minimum atomic E-state index is -4.15. The van der Waals surface area contributed by atoms with Crippen LogP contribution >= 0.6 is 19.7 Å². The Morgan fingerprint density at radius 1 is 1.02 bits per heavy atom. The van der Waals surface area contributed by atoms with E-state index in [0.29, 0.717) is 21.2 Å². The van der Waals surface area contributed by atoms with E-state index >= 15 is 0 Å². The number of fused-ring (bicyclic) bond motifs is 1. The monoisotopic (exact) mass is 673 g/mol. The first-order valence-corrected chi connectivity index (χ1v) is 18.1. The molecule has 6 nitrogen and oxygen atoms in total. The number of ether oxygens (including phenoxy) is 1. The van der Waals surface area contributed by atoms with Crippen LogP contribution in [0.3, 0.4) is 0 Å². The van der Waals surface area contributed by atoms with Gasteiger partial charge in [-0.25, -0.2) is 17.2 Å². The molecule has 0 aliphatic carbocycles. The van der Waals surface area contributed by atoms with Gasteiger partial charge in [0.2, 0.25) is 10.0 Å². The molecule has 2 aromatic carbocycles. The Morgan fingerprint density at radius 3 is 2.07 bits per heavy atom. The fraction of sp³-hybridized carbons (Fsp3) is 0.306. The van der Waals surface area contributed by atoms with E-state index in [1.807, 2.05) is 77.1 Å². The Labute approximate surface area is 277 Å². The van der Waals surface area contributed by atoms with Gasteiger partial charge in [-0.05, 0) is 38.0 Å². The average Bonchev–Trinajstić information content (AvgIpc) is 3.38. The van der Waals surface area contributed by atoms with Crippen molar-refractivity contribution in [1.82, 2.24) is 3.97 Å². The summed E-state index contributed by atoms with van der Waals surface area (Å²) in [5, 5.41) is 1.19. The van der Waals surface area contributed by atoms with Crippen molar-refractivity contribution in [2.24, 2.45) is 5.92 Å². The smallest absolute Gasteiger partial charge is 0.356 e. The number of hydrogen-bond acceptors (Lipinski definition) is 5. The first-order chi connectivity index (χ1) is 21.6. The van der Waals surface area contributed by atoms with E-state index in [0.717, 1.165) is 9.28 Å². The minimum absolute atomic E-state index is 0.0801. The van der Waals surface area contributed by atoms with E-state index < -0.39 is 29.4 Å². The fourth-order valence-corrected chi connectivity index (χ4v) is 8.35. The number of nitrogens with zero attached hydrogens (tertiary/aromatic N) is 1. The summed E-state index contributed by atoms with van der Waals surface area (Å²) in [4.78, 5) is 13.4. The van der Waals surface area contributed by atoms with E-state index in [-0.39, 0.29) is 18.2 Å². The Hall–Kier alpha value is -3.22. The first-order valence-electron chi connectivity index (χ1n) is 14.9. The summed E-state index contributed by atoms with van der Waals surface area (Å²) in [5.74, 6) is -1.14. The predicted molar refractivity (Wildman–Crippen MR) is 197 cm³/mol. The third kappa shape index (κ3) is 11.0. The molecule has 0 amide bonds. The quantitative estimate of drug-likeness (QED) is 0.0829. The Morgan fingerprint density at radius 2 is 1.60 bits per heavy atom. The van der Waals surface area contributed by atoms with Gasteiger partial charge in [0.25, 0.3) is 0 Å². The summed E-state index contributed by atoms with van der Waals surface area (Å²) < 4.78 is 40.7. The van der Waals surface area contributed by atoms with Crippen LogP contribution in [0, 0.1) is 5.92 Å². The number of hydrogen-bond donors (Lipinski definition) is 0. The van der Waals surface area contributed by atoms with Gasteiger partial charge in [-0.3, -0.25) is 0 Å². The van der Waals surface area contributed by atoms with Crippen LogP contribution in [0.15, 0.2) is 111 Å². The summed E-state index contributed by atoms with van der Waals surface area (Å²) in [5.41, 5.74) is 0.243. The van der Waals surface area contributed by atoms with E-state index in [1.54, 1.807) is 56.4 Å². The van der Waals surface area contributed by atoms with Crippen LogP contribution in [0.5, 0.6) is 0 Å². The summed E-state index contributed by atoms with van der Waals surface area (Å²) in [6.07, 6.45) is 12.1. The van der Waals surface area contributed by atoms with Crippen molar-refractivity contribution in [2.45, 2.75) is 53.7 Å². The Bertz CT molecular complexity index is 1520. The lowest BCUT2D eigenvalue weighted by molar-refractivity contribution is 0.0520. The van der Waals surface area contributed by atoms with E-state index in [2.05, 4.69) is 19.7 Å². The lowest BCUT2D eigenvalue weighted by atomic mass is 10.1. The molecule has 1 aromatic heterocycles. The molecule has 0 saturated carbocycles. The average molecular weight is 674 g/mol. The van der Waals surface area contributed by atoms with Gasteiger partial charge in [0.05, 0.1) is 20.3 Å². The lowest BCUT2D eigenvalue weighted by Gasteiger charge is -2.22.